The molecule has 35 heavy (non-hydrogen) atoms. The zero-order valence-electron chi connectivity index (χ0n) is 20.3. The lowest BCUT2D eigenvalue weighted by Gasteiger charge is -2.37. The summed E-state index contributed by atoms with van der Waals surface area (Å²) in [5, 5.41) is 4.71. The van der Waals surface area contributed by atoms with Gasteiger partial charge in [-0.1, -0.05) is 6.07 Å². The molecule has 182 valence electrons. The lowest BCUT2D eigenvalue weighted by atomic mass is 10.1. The molecule has 9 nitrogen and oxygen atoms in total. The average Bonchev–Trinajstić information content (AvgIpc) is 3.43. The second-order valence-electron chi connectivity index (χ2n) is 9.03. The number of benzene rings is 1. The third-order valence-corrected chi connectivity index (χ3v) is 6.89. The van der Waals surface area contributed by atoms with E-state index in [1.54, 1.807) is 18.2 Å². The van der Waals surface area contributed by atoms with Gasteiger partial charge in [-0.25, -0.2) is 9.67 Å². The van der Waals surface area contributed by atoms with Crippen molar-refractivity contribution < 1.29 is 14.3 Å². The van der Waals surface area contributed by atoms with Crippen LogP contribution in [0.5, 0.6) is 5.75 Å². The second kappa shape index (κ2) is 9.40. The number of amides is 2. The van der Waals surface area contributed by atoms with Gasteiger partial charge in [0.2, 0.25) is 11.8 Å². The summed E-state index contributed by atoms with van der Waals surface area (Å²) in [6.07, 6.45) is 2.01. The van der Waals surface area contributed by atoms with E-state index in [1.807, 2.05) is 59.0 Å². The fourth-order valence-corrected chi connectivity index (χ4v) is 5.09. The van der Waals surface area contributed by atoms with Crippen molar-refractivity contribution in [3.63, 3.8) is 0 Å². The van der Waals surface area contributed by atoms with Crippen LogP contribution in [0.4, 0.5) is 11.4 Å². The number of hydrogen-bond donors (Lipinski definition) is 0. The van der Waals surface area contributed by atoms with Crippen LogP contribution in [0, 0.1) is 19.8 Å². The third kappa shape index (κ3) is 4.34. The minimum absolute atomic E-state index is 0.0136. The summed E-state index contributed by atoms with van der Waals surface area (Å²) in [4.78, 5) is 36.3. The van der Waals surface area contributed by atoms with Crippen LogP contribution in [0.15, 0.2) is 48.7 Å². The molecular formula is C26H30N6O3. The molecular weight excluding hydrogens is 444 g/mol. The molecule has 2 saturated heterocycles. The van der Waals surface area contributed by atoms with Gasteiger partial charge < -0.3 is 19.4 Å². The summed E-state index contributed by atoms with van der Waals surface area (Å²) in [5.74, 6) is 1.26. The highest BCUT2D eigenvalue weighted by Crippen LogP contribution is 2.30. The van der Waals surface area contributed by atoms with Crippen molar-refractivity contribution >= 4 is 23.2 Å². The fourth-order valence-electron chi connectivity index (χ4n) is 5.09. The molecule has 2 amide bonds. The first-order valence-corrected chi connectivity index (χ1v) is 11.9. The molecule has 0 aliphatic carbocycles. The van der Waals surface area contributed by atoms with E-state index in [0.717, 1.165) is 47.4 Å². The number of carbonyl (C=O) groups is 2. The highest BCUT2D eigenvalue weighted by molar-refractivity contribution is 6.00. The largest absolute Gasteiger partial charge is 0.497 e. The van der Waals surface area contributed by atoms with Gasteiger partial charge in [0.25, 0.3) is 0 Å². The van der Waals surface area contributed by atoms with Crippen molar-refractivity contribution in [2.45, 2.75) is 20.3 Å². The number of aryl methyl sites for hydroxylation is 1. The number of ether oxygens (including phenoxy) is 1. The van der Waals surface area contributed by atoms with Crippen LogP contribution in [-0.4, -0.2) is 71.3 Å². The summed E-state index contributed by atoms with van der Waals surface area (Å²) in [6, 6.07) is 13.2. The van der Waals surface area contributed by atoms with Gasteiger partial charge in [-0.05, 0) is 50.2 Å². The molecule has 2 fully saturated rings. The molecule has 1 atom stereocenters. The Morgan fingerprint density at radius 2 is 1.77 bits per heavy atom. The van der Waals surface area contributed by atoms with Gasteiger partial charge in [-0.3, -0.25) is 9.59 Å². The second-order valence-corrected chi connectivity index (χ2v) is 9.03. The number of nitrogens with zero attached hydrogens (tertiary/aromatic N) is 6. The molecule has 1 aromatic carbocycles. The van der Waals surface area contributed by atoms with Gasteiger partial charge in [0, 0.05) is 51.0 Å². The molecule has 0 bridgehead atoms. The molecule has 9 heteroatoms. The van der Waals surface area contributed by atoms with Gasteiger partial charge in [-0.15, -0.1) is 0 Å². The number of carbonyl (C=O) groups excluding carboxylic acids is 2. The van der Waals surface area contributed by atoms with Crippen LogP contribution in [0.25, 0.3) is 5.82 Å². The Morgan fingerprint density at radius 3 is 2.43 bits per heavy atom. The maximum Gasteiger partial charge on any atom is 0.228 e. The number of aromatic nitrogens is 3. The molecule has 5 rings (SSSR count). The Balaban J connectivity index is 1.23. The molecule has 0 saturated carbocycles. The Kier molecular flexibility index (Phi) is 6.15. The van der Waals surface area contributed by atoms with Crippen LogP contribution in [-0.2, 0) is 9.59 Å². The van der Waals surface area contributed by atoms with Crippen LogP contribution in [0.2, 0.25) is 0 Å². The minimum Gasteiger partial charge on any atom is -0.497 e. The van der Waals surface area contributed by atoms with Gasteiger partial charge in [0.15, 0.2) is 5.82 Å². The molecule has 2 aliphatic rings. The summed E-state index contributed by atoms with van der Waals surface area (Å²) >= 11 is 0. The highest BCUT2D eigenvalue weighted by Gasteiger charge is 2.38. The van der Waals surface area contributed by atoms with Crippen LogP contribution >= 0.6 is 0 Å². The lowest BCUT2D eigenvalue weighted by Crippen LogP contribution is -2.51. The van der Waals surface area contributed by atoms with E-state index in [1.165, 1.54) is 0 Å². The number of anilines is 2. The molecule has 0 N–H and O–H groups in total. The van der Waals surface area contributed by atoms with Crippen LogP contribution in [0.1, 0.15) is 17.8 Å². The van der Waals surface area contributed by atoms with Crippen LogP contribution in [0.3, 0.4) is 0 Å². The van der Waals surface area contributed by atoms with E-state index in [0.29, 0.717) is 19.6 Å². The maximum absolute atomic E-state index is 13.3. The normalized spacial score (nSPS) is 18.3. The summed E-state index contributed by atoms with van der Waals surface area (Å²) in [5.41, 5.74) is 3.89. The smallest absolute Gasteiger partial charge is 0.228 e. The quantitative estimate of drug-likeness (QED) is 0.565. The molecule has 1 unspecified atom stereocenters. The van der Waals surface area contributed by atoms with E-state index in [-0.39, 0.29) is 24.2 Å². The third-order valence-electron chi connectivity index (χ3n) is 6.89. The van der Waals surface area contributed by atoms with E-state index < -0.39 is 0 Å². The van der Waals surface area contributed by atoms with Crippen LogP contribution < -0.4 is 14.5 Å². The molecule has 3 aromatic rings. The van der Waals surface area contributed by atoms with Gasteiger partial charge in [-0.2, -0.15) is 5.10 Å². The Labute approximate surface area is 204 Å². The van der Waals surface area contributed by atoms with Crippen molar-refractivity contribution in [2.75, 3.05) is 49.6 Å². The summed E-state index contributed by atoms with van der Waals surface area (Å²) in [7, 11) is 1.61. The van der Waals surface area contributed by atoms with E-state index in [2.05, 4.69) is 16.8 Å². The van der Waals surface area contributed by atoms with Gasteiger partial charge in [0.05, 0.1) is 30.1 Å². The Hall–Kier alpha value is -3.88. The van der Waals surface area contributed by atoms with E-state index >= 15 is 0 Å². The van der Waals surface area contributed by atoms with E-state index in [9.17, 15) is 9.59 Å². The first-order valence-electron chi connectivity index (χ1n) is 11.9. The monoisotopic (exact) mass is 474 g/mol. The predicted octanol–water partition coefficient (Wildman–Crippen LogP) is 2.59. The number of methoxy groups -OCH3 is 1. The molecule has 2 aromatic heterocycles. The first kappa shape index (κ1) is 22.9. The van der Waals surface area contributed by atoms with E-state index in [4.69, 9.17) is 9.84 Å². The topological polar surface area (TPSA) is 83.8 Å². The number of piperazine rings is 1. The highest BCUT2D eigenvalue weighted by atomic mass is 16.5. The zero-order chi connectivity index (χ0) is 24.5. The van der Waals surface area contributed by atoms with Crippen molar-refractivity contribution in [1.29, 1.82) is 0 Å². The minimum atomic E-state index is -0.313. The van der Waals surface area contributed by atoms with Crippen molar-refractivity contribution in [3.8, 4) is 11.6 Å². The van der Waals surface area contributed by atoms with Crippen molar-refractivity contribution in [2.24, 2.45) is 5.92 Å². The van der Waals surface area contributed by atoms with Gasteiger partial charge in [0.1, 0.15) is 5.75 Å². The Morgan fingerprint density at radius 1 is 1.03 bits per heavy atom. The summed E-state index contributed by atoms with van der Waals surface area (Å²) < 4.78 is 7.08. The SMILES string of the molecule is COc1ccc(N2CC(C(=O)N3CCN(c4c(C)nn(-c5ccccn5)c4C)CC3)CC2=O)cc1. The zero-order valence-corrected chi connectivity index (χ0v) is 20.3. The first-order chi connectivity index (χ1) is 17.0. The number of hydrogen-bond acceptors (Lipinski definition) is 6. The molecule has 4 heterocycles. The number of pyridine rings is 1. The van der Waals surface area contributed by atoms with Crippen molar-refractivity contribution in [3.05, 3.63) is 60.0 Å². The predicted molar refractivity (Wildman–Crippen MR) is 133 cm³/mol. The molecule has 0 spiro atoms. The maximum atomic E-state index is 13.3. The average molecular weight is 475 g/mol. The lowest BCUT2D eigenvalue weighted by molar-refractivity contribution is -0.136. The fraction of sp³-hybridized carbons (Fsp3) is 0.385. The molecule has 0 radical (unpaired) electrons. The Bertz CT molecular complexity index is 1220. The summed E-state index contributed by atoms with van der Waals surface area (Å²) in [6.45, 7) is 7.18. The van der Waals surface area contributed by atoms with Gasteiger partial charge >= 0.3 is 0 Å². The standard InChI is InChI=1S/C26H30N6O3/c1-18-25(19(2)32(28-18)23-6-4-5-11-27-23)29-12-14-30(15-13-29)26(34)20-16-24(33)31(17-20)21-7-9-22(35-3)10-8-21/h4-11,20H,12-17H2,1-3H3. The molecule has 2 aliphatic heterocycles. The number of rotatable bonds is 5. The van der Waals surface area contributed by atoms with Crippen molar-refractivity contribution in [1.82, 2.24) is 19.7 Å².